The van der Waals surface area contributed by atoms with Crippen molar-refractivity contribution in [2.45, 2.75) is 40.0 Å². The lowest BCUT2D eigenvalue weighted by Crippen LogP contribution is -1.98. The monoisotopic (exact) mass is 203 g/mol. The Morgan fingerprint density at radius 3 is 2.53 bits per heavy atom. The van der Waals surface area contributed by atoms with Gasteiger partial charge in [-0.3, -0.25) is 4.99 Å². The van der Waals surface area contributed by atoms with Gasteiger partial charge in [0.1, 0.15) is 0 Å². The molecule has 1 heteroatoms. The molecule has 0 amide bonds. The van der Waals surface area contributed by atoms with Crippen LogP contribution in [0.5, 0.6) is 0 Å². The molecular formula is C14H21N. The van der Waals surface area contributed by atoms with Gasteiger partial charge in [0.2, 0.25) is 0 Å². The molecule has 0 aliphatic heterocycles. The highest BCUT2D eigenvalue weighted by Crippen LogP contribution is 2.32. The van der Waals surface area contributed by atoms with E-state index in [4.69, 9.17) is 0 Å². The van der Waals surface area contributed by atoms with Crippen molar-refractivity contribution in [1.82, 2.24) is 0 Å². The molecular weight excluding hydrogens is 182 g/mol. The highest BCUT2D eigenvalue weighted by Gasteiger charge is 2.25. The van der Waals surface area contributed by atoms with Crippen molar-refractivity contribution in [2.75, 3.05) is 0 Å². The van der Waals surface area contributed by atoms with E-state index in [0.717, 1.165) is 12.1 Å². The summed E-state index contributed by atoms with van der Waals surface area (Å²) in [5.41, 5.74) is 3.51. The van der Waals surface area contributed by atoms with Crippen LogP contribution in [0.25, 0.3) is 0 Å². The molecule has 1 fully saturated rings. The van der Waals surface area contributed by atoms with Crippen molar-refractivity contribution in [1.29, 1.82) is 0 Å². The highest BCUT2D eigenvalue weighted by atomic mass is 14.8. The van der Waals surface area contributed by atoms with Crippen LogP contribution in [-0.2, 0) is 0 Å². The number of nitrogens with zero attached hydrogens (tertiary/aromatic N) is 1. The Kier molecular flexibility index (Phi) is 4.54. The third-order valence-electron chi connectivity index (χ3n) is 2.39. The first-order valence-corrected chi connectivity index (χ1v) is 5.66. The third kappa shape index (κ3) is 4.78. The lowest BCUT2D eigenvalue weighted by atomic mass is 10.1. The second kappa shape index (κ2) is 5.69. The topological polar surface area (TPSA) is 12.4 Å². The molecule has 1 aliphatic carbocycles. The zero-order valence-corrected chi connectivity index (χ0v) is 10.1. The van der Waals surface area contributed by atoms with Gasteiger partial charge in [-0.15, -0.1) is 0 Å². The van der Waals surface area contributed by atoms with Gasteiger partial charge in [-0.25, -0.2) is 0 Å². The molecule has 0 N–H and O–H groups in total. The Hall–Kier alpha value is -1.11. The van der Waals surface area contributed by atoms with Crippen LogP contribution in [-0.4, -0.2) is 5.71 Å². The van der Waals surface area contributed by atoms with E-state index in [2.05, 4.69) is 43.6 Å². The average molecular weight is 203 g/mol. The Morgan fingerprint density at radius 2 is 2.07 bits per heavy atom. The Balaban J connectivity index is 2.68. The molecule has 1 saturated carbocycles. The molecule has 0 saturated heterocycles. The van der Waals surface area contributed by atoms with Gasteiger partial charge >= 0.3 is 0 Å². The molecule has 0 radical (unpaired) electrons. The standard InChI is InChI=1S/C14H21N/c1-5-6-7-12(4)10-14(13-8-9-13)15-11(2)3/h5-6,10,13H,2,7-9H2,1,3-4H3/b6-5+,12-10+,15-14?. The summed E-state index contributed by atoms with van der Waals surface area (Å²) in [4.78, 5) is 4.51. The minimum Gasteiger partial charge on any atom is -0.259 e. The fourth-order valence-electron chi connectivity index (χ4n) is 1.46. The lowest BCUT2D eigenvalue weighted by Gasteiger charge is -2.01. The van der Waals surface area contributed by atoms with Gasteiger partial charge in [0.15, 0.2) is 0 Å². The number of rotatable bonds is 5. The minimum absolute atomic E-state index is 0.697. The summed E-state index contributed by atoms with van der Waals surface area (Å²) < 4.78 is 0. The number of hydrogen-bond acceptors (Lipinski definition) is 1. The molecule has 0 aromatic carbocycles. The molecule has 15 heavy (non-hydrogen) atoms. The van der Waals surface area contributed by atoms with E-state index >= 15 is 0 Å². The van der Waals surface area contributed by atoms with Gasteiger partial charge in [-0.05, 0) is 46.1 Å². The fourth-order valence-corrected chi connectivity index (χ4v) is 1.46. The number of aliphatic imine (C=N–C) groups is 1. The largest absolute Gasteiger partial charge is 0.259 e. The molecule has 0 aromatic heterocycles. The molecule has 0 aromatic rings. The summed E-state index contributed by atoms with van der Waals surface area (Å²) >= 11 is 0. The second-order valence-electron chi connectivity index (χ2n) is 4.31. The molecule has 0 bridgehead atoms. The van der Waals surface area contributed by atoms with E-state index in [1.54, 1.807) is 0 Å². The third-order valence-corrected chi connectivity index (χ3v) is 2.39. The normalized spacial score (nSPS) is 18.6. The van der Waals surface area contributed by atoms with Crippen molar-refractivity contribution >= 4 is 5.71 Å². The van der Waals surface area contributed by atoms with Crippen molar-refractivity contribution in [3.05, 3.63) is 36.1 Å². The molecule has 0 heterocycles. The number of hydrogen-bond donors (Lipinski definition) is 0. The smallest absolute Gasteiger partial charge is 0.0437 e. The van der Waals surface area contributed by atoms with Gasteiger partial charge in [-0.1, -0.05) is 24.3 Å². The summed E-state index contributed by atoms with van der Waals surface area (Å²) in [6, 6.07) is 0. The summed E-state index contributed by atoms with van der Waals surface area (Å²) in [6.45, 7) is 10.0. The van der Waals surface area contributed by atoms with E-state index in [0.29, 0.717) is 5.92 Å². The Morgan fingerprint density at radius 1 is 1.40 bits per heavy atom. The SMILES string of the molecule is C=C(C)N=C(/C=C(\C)C/C=C/C)C1CC1. The van der Waals surface area contributed by atoms with Crippen molar-refractivity contribution in [3.8, 4) is 0 Å². The zero-order chi connectivity index (χ0) is 11.3. The molecule has 0 atom stereocenters. The minimum atomic E-state index is 0.697. The molecule has 82 valence electrons. The first-order chi connectivity index (χ1) is 7.13. The molecule has 1 aliphatic rings. The molecule has 1 rings (SSSR count). The van der Waals surface area contributed by atoms with Crippen LogP contribution < -0.4 is 0 Å². The second-order valence-corrected chi connectivity index (χ2v) is 4.31. The molecule has 0 unspecified atom stereocenters. The lowest BCUT2D eigenvalue weighted by molar-refractivity contribution is 1.14. The van der Waals surface area contributed by atoms with Gasteiger partial charge in [0, 0.05) is 17.3 Å². The van der Waals surface area contributed by atoms with Crippen LogP contribution in [0.15, 0.2) is 41.1 Å². The van der Waals surface area contributed by atoms with Crippen molar-refractivity contribution < 1.29 is 0 Å². The van der Waals surface area contributed by atoms with Crippen LogP contribution in [0.3, 0.4) is 0 Å². The first kappa shape index (κ1) is 12.0. The summed E-state index contributed by atoms with van der Waals surface area (Å²) in [5, 5.41) is 0. The maximum absolute atomic E-state index is 4.51. The highest BCUT2D eigenvalue weighted by molar-refractivity contribution is 5.99. The van der Waals surface area contributed by atoms with Gasteiger partial charge in [0.05, 0.1) is 0 Å². The van der Waals surface area contributed by atoms with Crippen molar-refractivity contribution in [2.24, 2.45) is 10.9 Å². The maximum atomic E-state index is 4.51. The van der Waals surface area contributed by atoms with Crippen LogP contribution in [0.4, 0.5) is 0 Å². The van der Waals surface area contributed by atoms with Crippen LogP contribution in [0.1, 0.15) is 40.0 Å². The average Bonchev–Trinajstić information content (AvgIpc) is 2.96. The summed E-state index contributed by atoms with van der Waals surface area (Å²) in [7, 11) is 0. The van der Waals surface area contributed by atoms with Gasteiger partial charge in [-0.2, -0.15) is 0 Å². The summed E-state index contributed by atoms with van der Waals surface area (Å²) in [6.07, 6.45) is 10.1. The van der Waals surface area contributed by atoms with E-state index < -0.39 is 0 Å². The van der Waals surface area contributed by atoms with Gasteiger partial charge < -0.3 is 0 Å². The predicted octanol–water partition coefficient (Wildman–Crippen LogP) is 4.28. The van der Waals surface area contributed by atoms with E-state index in [9.17, 15) is 0 Å². The van der Waals surface area contributed by atoms with Gasteiger partial charge in [0.25, 0.3) is 0 Å². The Labute approximate surface area is 93.3 Å². The zero-order valence-electron chi connectivity index (χ0n) is 10.1. The molecule has 0 spiro atoms. The molecule has 1 nitrogen and oxygen atoms in total. The quantitative estimate of drug-likeness (QED) is 0.467. The van der Waals surface area contributed by atoms with Crippen LogP contribution >= 0.6 is 0 Å². The predicted molar refractivity (Wildman–Crippen MR) is 68.2 cm³/mol. The van der Waals surface area contributed by atoms with E-state index in [1.165, 1.54) is 24.1 Å². The summed E-state index contributed by atoms with van der Waals surface area (Å²) in [5.74, 6) is 0.697. The fraction of sp³-hybridized carbons (Fsp3) is 0.500. The van der Waals surface area contributed by atoms with E-state index in [-0.39, 0.29) is 0 Å². The van der Waals surface area contributed by atoms with Crippen molar-refractivity contribution in [3.63, 3.8) is 0 Å². The maximum Gasteiger partial charge on any atom is 0.0437 e. The van der Waals surface area contributed by atoms with Crippen LogP contribution in [0, 0.1) is 5.92 Å². The Bertz CT molecular complexity index is 314. The first-order valence-electron chi connectivity index (χ1n) is 5.66. The number of allylic oxidation sites excluding steroid dienone is 5. The van der Waals surface area contributed by atoms with E-state index in [1.807, 2.05) is 6.92 Å². The van der Waals surface area contributed by atoms with Crippen LogP contribution in [0.2, 0.25) is 0 Å².